The molecule has 0 atom stereocenters. The molecule has 1 aromatic carbocycles. The monoisotopic (exact) mass is 825 g/mol. The third-order valence-corrected chi connectivity index (χ3v) is 8.58. The summed E-state index contributed by atoms with van der Waals surface area (Å²) >= 11 is 0. The summed E-state index contributed by atoms with van der Waals surface area (Å²) in [5, 5.41) is 17.0. The smallest absolute Gasteiger partial charge is 0.323 e. The van der Waals surface area contributed by atoms with E-state index in [1.165, 1.54) is 0 Å². The summed E-state index contributed by atoms with van der Waals surface area (Å²) in [4.78, 5) is 44.5. The number of hydrogen-bond donors (Lipinski definition) is 4. The predicted molar refractivity (Wildman–Crippen MR) is 215 cm³/mol. The first-order valence-electron chi connectivity index (χ1n) is 19.9. The van der Waals surface area contributed by atoms with E-state index in [-0.39, 0.29) is 19.1 Å². The SMILES string of the molecule is Cc1c(N2CCN(C)CC2)nc2ccccc2c1C(=O)NCCOCCOCCOCCOCCOCCOCCOCCOCCOCCNC(=O)NC[13C](=O)O. The number of carbonyl (C=O) groups is 3. The average Bonchev–Trinajstić information content (AvgIpc) is 3.22. The number of nitrogens with zero attached hydrogens (tertiary/aromatic N) is 3. The molecule has 0 unspecified atom stereocenters. The molecule has 4 N–H and O–H groups in total. The van der Waals surface area contributed by atoms with E-state index in [9.17, 15) is 14.4 Å². The maximum absolute atomic E-state index is 13.3. The molecule has 0 bridgehead atoms. The number of benzene rings is 1. The normalized spacial score (nSPS) is 13.2. The van der Waals surface area contributed by atoms with Gasteiger partial charge in [-0.05, 0) is 20.0 Å². The summed E-state index contributed by atoms with van der Waals surface area (Å²) in [7, 11) is 2.12. The second kappa shape index (κ2) is 31.2. The van der Waals surface area contributed by atoms with Crippen molar-refractivity contribution >= 4 is 34.6 Å². The van der Waals surface area contributed by atoms with Gasteiger partial charge in [-0.15, -0.1) is 0 Å². The fourth-order valence-electron chi connectivity index (χ4n) is 5.55. The van der Waals surface area contributed by atoms with Crippen LogP contribution in [0.4, 0.5) is 10.6 Å². The van der Waals surface area contributed by atoms with Gasteiger partial charge in [0, 0.05) is 50.2 Å². The summed E-state index contributed by atoms with van der Waals surface area (Å²) < 4.78 is 49.4. The van der Waals surface area contributed by atoms with Gasteiger partial charge in [0.15, 0.2) is 0 Å². The molecule has 1 aromatic heterocycles. The van der Waals surface area contributed by atoms with Gasteiger partial charge in [0.25, 0.3) is 5.91 Å². The summed E-state index contributed by atoms with van der Waals surface area (Å²) in [6.45, 7) is 13.6. The number of nitrogens with one attached hydrogen (secondary N) is 3. The van der Waals surface area contributed by atoms with Crippen LogP contribution < -0.4 is 20.9 Å². The third-order valence-electron chi connectivity index (χ3n) is 8.58. The highest BCUT2D eigenvalue weighted by Gasteiger charge is 2.23. The third kappa shape index (κ3) is 21.3. The van der Waals surface area contributed by atoms with Crippen molar-refractivity contribution in [3.05, 3.63) is 35.4 Å². The van der Waals surface area contributed by atoms with E-state index >= 15 is 0 Å². The number of carboxylic acids is 1. The Morgan fingerprint density at radius 2 is 1.02 bits per heavy atom. The van der Waals surface area contributed by atoms with Crippen molar-refractivity contribution in [2.75, 3.05) is 177 Å². The molecule has 2 aromatic rings. The summed E-state index contributed by atoms with van der Waals surface area (Å²) in [6.07, 6.45) is 0. The molecule has 0 spiro atoms. The van der Waals surface area contributed by atoms with Gasteiger partial charge in [-0.25, -0.2) is 9.78 Å². The minimum Gasteiger partial charge on any atom is -0.480 e. The fourth-order valence-corrected chi connectivity index (χ4v) is 5.55. The molecule has 1 aliphatic rings. The van der Waals surface area contributed by atoms with Gasteiger partial charge in [-0.3, -0.25) is 9.59 Å². The van der Waals surface area contributed by atoms with Crippen molar-refractivity contribution < 1.29 is 62.1 Å². The van der Waals surface area contributed by atoms with Crippen molar-refractivity contribution in [1.82, 2.24) is 25.8 Å². The Labute approximate surface area is 341 Å². The number of likely N-dealkylation sites (N-methyl/N-ethyl adjacent to an activating group) is 1. The number of aromatic nitrogens is 1. The van der Waals surface area contributed by atoms with Crippen molar-refractivity contribution in [1.29, 1.82) is 0 Å². The number of carboxylic acid groups (broad SMARTS) is 1. The molecule has 1 saturated heterocycles. The van der Waals surface area contributed by atoms with Crippen LogP contribution in [0.2, 0.25) is 0 Å². The second-order valence-corrected chi connectivity index (χ2v) is 13.0. The molecular formula is C39H64N6O13. The fraction of sp³-hybridized carbons (Fsp3) is 0.692. The number of pyridine rings is 1. The van der Waals surface area contributed by atoms with Crippen LogP contribution in [0.25, 0.3) is 10.9 Å². The quantitative estimate of drug-likeness (QED) is 0.0561. The number of rotatable bonds is 34. The predicted octanol–water partition coefficient (Wildman–Crippen LogP) is 0.558. The molecule has 0 saturated carbocycles. The summed E-state index contributed by atoms with van der Waals surface area (Å²) in [6, 6.07) is 7.24. The lowest BCUT2D eigenvalue weighted by Gasteiger charge is -2.34. The molecule has 328 valence electrons. The van der Waals surface area contributed by atoms with E-state index < -0.39 is 18.5 Å². The van der Waals surface area contributed by atoms with Crippen molar-refractivity contribution in [3.8, 4) is 0 Å². The Bertz CT molecular complexity index is 1430. The Balaban J connectivity index is 1.02. The Morgan fingerprint density at radius 1 is 0.603 bits per heavy atom. The standard InChI is InChI=1S/C39H64N6O13/c1-32-36(33-5-3-4-6-34(33)43-37(32)45-11-9-44(2)10-12-45)38(48)40-7-13-50-15-17-52-19-21-54-23-25-56-27-29-58-30-28-57-26-24-55-22-20-53-18-16-51-14-8-41-39(49)42-31-35(46)47/h3-6H,7-31H2,1-2H3,(H,40,48)(H,46,47)(H2,41,42,49)/i35+1. The van der Waals surface area contributed by atoms with Crippen LogP contribution in [0.5, 0.6) is 0 Å². The van der Waals surface area contributed by atoms with Crippen LogP contribution in [-0.4, -0.2) is 205 Å². The lowest BCUT2D eigenvalue weighted by molar-refractivity contribution is -0.135. The molecule has 58 heavy (non-hydrogen) atoms. The van der Waals surface area contributed by atoms with E-state index in [2.05, 4.69) is 32.8 Å². The Kier molecular flexibility index (Phi) is 26.1. The second-order valence-electron chi connectivity index (χ2n) is 13.0. The highest BCUT2D eigenvalue weighted by molar-refractivity contribution is 6.08. The minimum absolute atomic E-state index is 0.124. The van der Waals surface area contributed by atoms with Gasteiger partial charge in [-0.2, -0.15) is 0 Å². The van der Waals surface area contributed by atoms with Crippen molar-refractivity contribution in [2.24, 2.45) is 0 Å². The first-order chi connectivity index (χ1) is 28.4. The molecule has 0 radical (unpaired) electrons. The molecule has 3 rings (SSSR count). The number of anilines is 1. The Hall–Kier alpha value is -3.76. The van der Waals surface area contributed by atoms with Crippen LogP contribution in [0.3, 0.4) is 0 Å². The number of hydrogen-bond acceptors (Lipinski definition) is 15. The van der Waals surface area contributed by atoms with Crippen molar-refractivity contribution in [3.63, 3.8) is 0 Å². The number of urea groups is 1. The van der Waals surface area contributed by atoms with E-state index in [0.29, 0.717) is 124 Å². The van der Waals surface area contributed by atoms with Gasteiger partial charge in [0.05, 0.1) is 130 Å². The molecule has 1 fully saturated rings. The van der Waals surface area contributed by atoms with Gasteiger partial charge >= 0.3 is 12.0 Å². The topological polar surface area (TPSA) is 210 Å². The maximum atomic E-state index is 13.3. The summed E-state index contributed by atoms with van der Waals surface area (Å²) in [5.41, 5.74) is 2.38. The highest BCUT2D eigenvalue weighted by atomic mass is 16.6. The molecule has 1 aliphatic heterocycles. The number of aliphatic carboxylic acids is 1. The van der Waals surface area contributed by atoms with Gasteiger partial charge < -0.3 is 73.5 Å². The van der Waals surface area contributed by atoms with Crippen molar-refractivity contribution in [2.45, 2.75) is 6.92 Å². The zero-order valence-corrected chi connectivity index (χ0v) is 34.2. The molecule has 2 heterocycles. The number of piperazine rings is 1. The zero-order valence-electron chi connectivity index (χ0n) is 34.2. The lowest BCUT2D eigenvalue weighted by Crippen LogP contribution is -2.45. The number of fused-ring (bicyclic) bond motifs is 1. The molecule has 3 amide bonds. The van der Waals surface area contributed by atoms with Gasteiger partial charge in [0.2, 0.25) is 0 Å². The van der Waals surface area contributed by atoms with E-state index in [1.807, 2.05) is 31.2 Å². The number of ether oxygens (including phenoxy) is 9. The van der Waals surface area contributed by atoms with Crippen LogP contribution in [0.1, 0.15) is 15.9 Å². The van der Waals surface area contributed by atoms with E-state index in [0.717, 1.165) is 48.5 Å². The number of carbonyl (C=O) groups excluding carboxylic acids is 2. The Morgan fingerprint density at radius 3 is 1.47 bits per heavy atom. The number of amides is 3. The molecule has 19 heteroatoms. The van der Waals surface area contributed by atoms with Crippen LogP contribution in [-0.2, 0) is 47.4 Å². The van der Waals surface area contributed by atoms with E-state index in [4.69, 9.17) is 52.7 Å². The van der Waals surface area contributed by atoms with Crippen LogP contribution in [0, 0.1) is 6.92 Å². The van der Waals surface area contributed by atoms with Crippen LogP contribution in [0.15, 0.2) is 24.3 Å². The maximum Gasteiger partial charge on any atom is 0.323 e. The first kappa shape index (κ1) is 48.6. The number of para-hydroxylation sites is 1. The minimum atomic E-state index is -1.11. The average molecular weight is 826 g/mol. The zero-order chi connectivity index (χ0) is 41.5. The van der Waals surface area contributed by atoms with E-state index in [1.54, 1.807) is 0 Å². The van der Waals surface area contributed by atoms with Crippen LogP contribution >= 0.6 is 0 Å². The molecule has 0 aliphatic carbocycles. The largest absolute Gasteiger partial charge is 0.480 e. The summed E-state index contributed by atoms with van der Waals surface area (Å²) in [5.74, 6) is -0.356. The van der Waals surface area contributed by atoms with Gasteiger partial charge in [0.1, 0.15) is 12.4 Å². The first-order valence-corrected chi connectivity index (χ1v) is 19.9. The highest BCUT2D eigenvalue weighted by Crippen LogP contribution is 2.29. The van der Waals surface area contributed by atoms with Gasteiger partial charge in [-0.1, -0.05) is 18.2 Å². The molecule has 19 nitrogen and oxygen atoms in total. The molecular weight excluding hydrogens is 761 g/mol. The lowest BCUT2D eigenvalue weighted by atomic mass is 10.0.